The van der Waals surface area contributed by atoms with E-state index in [0.29, 0.717) is 12.1 Å². The van der Waals surface area contributed by atoms with Gasteiger partial charge in [0.1, 0.15) is 0 Å². The molecule has 118 valence electrons. The summed E-state index contributed by atoms with van der Waals surface area (Å²) in [4.78, 5) is 27.8. The predicted octanol–water partition coefficient (Wildman–Crippen LogP) is 2.42. The Morgan fingerprint density at radius 1 is 1.00 bits per heavy atom. The molecule has 11 heteroatoms. The maximum Gasteiger partial charge on any atom is 0.324 e. The predicted molar refractivity (Wildman–Crippen MR) is 69.6 cm³/mol. The number of nitrogens with zero attached hydrogens (tertiary/aromatic N) is 3. The van der Waals surface area contributed by atoms with Crippen LogP contribution in [0.4, 0.5) is 17.1 Å². The Bertz CT molecular complexity index is 612. The van der Waals surface area contributed by atoms with E-state index in [2.05, 4.69) is 12.2 Å². The van der Waals surface area contributed by atoms with Crippen molar-refractivity contribution in [2.75, 3.05) is 0 Å². The fourth-order valence-electron chi connectivity index (χ4n) is 1.31. The van der Waals surface area contributed by atoms with Crippen LogP contribution in [0.5, 0.6) is 5.75 Å². The van der Waals surface area contributed by atoms with Crippen LogP contribution in [0, 0.1) is 36.4 Å². The van der Waals surface area contributed by atoms with Crippen LogP contribution >= 0.6 is 0 Å². The molecule has 10 nitrogen and oxygen atoms in total. The number of nitro benzene ring substituents is 3. The number of hydrogen-bond acceptors (Lipinski definition) is 7. The Labute approximate surface area is 133 Å². The van der Waals surface area contributed by atoms with Gasteiger partial charge in [0.05, 0.1) is 26.9 Å². The second-order valence-electron chi connectivity index (χ2n) is 3.61. The number of allylic oxidation sites excluding steroid dienone is 4. The summed E-state index contributed by atoms with van der Waals surface area (Å²) in [6, 6.07) is 0.894. The Hall–Kier alpha value is -2.78. The number of nitro groups is 3. The van der Waals surface area contributed by atoms with E-state index in [1.54, 1.807) is 0 Å². The average molecular weight is 350 g/mol. The summed E-state index contributed by atoms with van der Waals surface area (Å²) < 4.78 is 0. The summed E-state index contributed by atoms with van der Waals surface area (Å²) >= 11 is 0. The van der Waals surface area contributed by atoms with E-state index in [-0.39, 0.29) is 17.1 Å². The van der Waals surface area contributed by atoms with Crippen LogP contribution in [0.15, 0.2) is 30.4 Å². The van der Waals surface area contributed by atoms with Gasteiger partial charge in [0.2, 0.25) is 0 Å². The summed E-state index contributed by atoms with van der Waals surface area (Å²) in [6.45, 7) is 0. The van der Waals surface area contributed by atoms with E-state index in [1.807, 2.05) is 12.2 Å². The standard InChI is InChI=1S/C6H3N3O7.C5H5.Fe/c10-6-4(8(13)14)1-3(7(11)12)2-5(6)9(15)16;1-2-4-5-3-1;/h1-2,10H;1-3H,4H2;/q;-1;. The second-order valence-corrected chi connectivity index (χ2v) is 3.61. The molecule has 1 aliphatic carbocycles. The van der Waals surface area contributed by atoms with Gasteiger partial charge < -0.3 is 5.11 Å². The molecule has 0 unspecified atom stereocenters. The minimum atomic E-state index is -1.21. The van der Waals surface area contributed by atoms with Crippen molar-refractivity contribution in [1.29, 1.82) is 0 Å². The molecule has 0 saturated heterocycles. The van der Waals surface area contributed by atoms with Gasteiger partial charge in [0.15, 0.2) is 0 Å². The third-order valence-electron chi connectivity index (χ3n) is 2.24. The van der Waals surface area contributed by atoms with Gasteiger partial charge >= 0.3 is 11.4 Å². The van der Waals surface area contributed by atoms with Crippen molar-refractivity contribution < 1.29 is 36.9 Å². The van der Waals surface area contributed by atoms with Gasteiger partial charge in [-0.3, -0.25) is 36.4 Å². The van der Waals surface area contributed by atoms with Crippen molar-refractivity contribution in [1.82, 2.24) is 0 Å². The van der Waals surface area contributed by atoms with Gasteiger partial charge in [-0.2, -0.15) is 6.08 Å². The molecule has 2 rings (SSSR count). The van der Waals surface area contributed by atoms with Crippen molar-refractivity contribution in [3.63, 3.8) is 0 Å². The minimum Gasteiger partial charge on any atom is -0.497 e. The fraction of sp³-hybridized carbons (Fsp3) is 0.0909. The minimum absolute atomic E-state index is 0. The van der Waals surface area contributed by atoms with E-state index in [1.165, 1.54) is 0 Å². The van der Waals surface area contributed by atoms with Crippen LogP contribution in [0.25, 0.3) is 0 Å². The molecule has 0 heterocycles. The van der Waals surface area contributed by atoms with Crippen molar-refractivity contribution in [2.45, 2.75) is 6.42 Å². The van der Waals surface area contributed by atoms with Crippen molar-refractivity contribution >= 4 is 17.1 Å². The van der Waals surface area contributed by atoms with Crippen LogP contribution in [0.2, 0.25) is 0 Å². The third kappa shape index (κ3) is 4.96. The summed E-state index contributed by atoms with van der Waals surface area (Å²) in [7, 11) is 0. The zero-order valence-corrected chi connectivity index (χ0v) is 11.8. The Morgan fingerprint density at radius 3 is 1.73 bits per heavy atom. The first-order chi connectivity index (χ1) is 9.84. The van der Waals surface area contributed by atoms with Crippen LogP contribution in [0.1, 0.15) is 6.42 Å². The molecule has 1 N–H and O–H groups in total. The molecular weight excluding hydrogens is 342 g/mol. The molecule has 1 aromatic rings. The van der Waals surface area contributed by atoms with Crippen LogP contribution < -0.4 is 0 Å². The molecule has 0 amide bonds. The van der Waals surface area contributed by atoms with E-state index in [9.17, 15) is 30.3 Å². The monoisotopic (exact) mass is 350 g/mol. The topological polar surface area (TPSA) is 150 Å². The van der Waals surface area contributed by atoms with Crippen molar-refractivity contribution in [3.05, 3.63) is 66.8 Å². The maximum absolute atomic E-state index is 10.4. The maximum atomic E-state index is 10.4. The molecule has 0 aromatic heterocycles. The molecule has 0 saturated carbocycles. The zero-order chi connectivity index (χ0) is 16.0. The van der Waals surface area contributed by atoms with Gasteiger partial charge in [-0.25, -0.2) is 12.2 Å². The molecule has 0 aliphatic heterocycles. The number of phenols is 1. The normalized spacial score (nSPS) is 11.1. The molecule has 1 aromatic carbocycles. The summed E-state index contributed by atoms with van der Waals surface area (Å²) in [5.41, 5.74) is -3.00. The first-order valence-corrected chi connectivity index (χ1v) is 5.36. The summed E-state index contributed by atoms with van der Waals surface area (Å²) in [5, 5.41) is 40.2. The number of aromatic hydroxyl groups is 1. The van der Waals surface area contributed by atoms with Gasteiger partial charge in [0.25, 0.3) is 11.4 Å². The van der Waals surface area contributed by atoms with Gasteiger partial charge in [-0.1, -0.05) is 0 Å². The van der Waals surface area contributed by atoms with Crippen molar-refractivity contribution in [2.24, 2.45) is 0 Å². The van der Waals surface area contributed by atoms with E-state index in [4.69, 9.17) is 5.11 Å². The van der Waals surface area contributed by atoms with Gasteiger partial charge in [0, 0.05) is 17.1 Å². The first-order valence-electron chi connectivity index (χ1n) is 5.36. The van der Waals surface area contributed by atoms with Crippen molar-refractivity contribution in [3.8, 4) is 5.75 Å². The molecule has 0 fully saturated rings. The molecule has 0 radical (unpaired) electrons. The third-order valence-corrected chi connectivity index (χ3v) is 2.24. The first kappa shape index (κ1) is 19.2. The van der Waals surface area contributed by atoms with Crippen LogP contribution in [0.3, 0.4) is 0 Å². The van der Waals surface area contributed by atoms with Gasteiger partial charge in [-0.15, -0.1) is 6.42 Å². The largest absolute Gasteiger partial charge is 0.497 e. The quantitative estimate of drug-likeness (QED) is 0.380. The van der Waals surface area contributed by atoms with E-state index < -0.39 is 37.6 Å². The summed E-state index contributed by atoms with van der Waals surface area (Å²) in [6.07, 6.45) is 10.0. The Kier molecular flexibility index (Phi) is 7.42. The second kappa shape index (κ2) is 8.49. The smallest absolute Gasteiger partial charge is 0.324 e. The molecule has 1 aliphatic rings. The number of phenolic OH excluding ortho intramolecular Hbond substituents is 1. The number of hydrogen-bond donors (Lipinski definition) is 1. The molecular formula is C11H8FeN3O7-. The van der Waals surface area contributed by atoms with E-state index >= 15 is 0 Å². The Balaban J connectivity index is 0.000000622. The number of benzene rings is 1. The molecule has 0 atom stereocenters. The van der Waals surface area contributed by atoms with Crippen LogP contribution in [-0.2, 0) is 17.1 Å². The van der Waals surface area contributed by atoms with E-state index in [0.717, 1.165) is 6.42 Å². The fourth-order valence-corrected chi connectivity index (χ4v) is 1.31. The summed E-state index contributed by atoms with van der Waals surface area (Å²) in [5.74, 6) is -1.21. The zero-order valence-electron chi connectivity index (χ0n) is 10.7. The number of non-ortho nitro benzene ring substituents is 1. The molecule has 0 bridgehead atoms. The average Bonchev–Trinajstić information content (AvgIpc) is 2.96. The molecule has 22 heavy (non-hydrogen) atoms. The number of rotatable bonds is 3. The molecule has 0 spiro atoms. The SMILES string of the molecule is O=[N+]([O-])c1cc([N+](=O)[O-])c(O)c([N+](=O)[O-])c1.[C-]1=CC=CC1.[Fe]. The van der Waals surface area contributed by atoms with Gasteiger partial charge in [-0.05, 0) is 0 Å². The van der Waals surface area contributed by atoms with Crippen LogP contribution in [-0.4, -0.2) is 19.9 Å². The Morgan fingerprint density at radius 2 is 1.50 bits per heavy atom.